The second kappa shape index (κ2) is 12.2. The topological polar surface area (TPSA) is 87.2 Å². The number of anilines is 1. The van der Waals surface area contributed by atoms with E-state index in [1.165, 1.54) is 7.11 Å². The Morgan fingerprint density at radius 1 is 1.08 bits per heavy atom. The van der Waals surface area contributed by atoms with Crippen LogP contribution < -0.4 is 14.8 Å². The Balaban J connectivity index is 1.53. The molecule has 1 aliphatic heterocycles. The second-order valence-electron chi connectivity index (χ2n) is 11.2. The SMILES string of the molecule is COc1c(CO)cc(C(C)(C)C)cc1NC(=O)c1ccc(C)c(Oc2ccnc(CN3CCN(C)CC3)c2)c1. The summed E-state index contributed by atoms with van der Waals surface area (Å²) >= 11 is 0. The number of aryl methyl sites for hydroxylation is 1. The van der Waals surface area contributed by atoms with Gasteiger partial charge in [0.05, 0.1) is 25.1 Å². The lowest BCUT2D eigenvalue weighted by Crippen LogP contribution is -2.43. The number of carbonyl (C=O) groups is 1. The quantitative estimate of drug-likeness (QED) is 0.423. The van der Waals surface area contributed by atoms with Crippen LogP contribution >= 0.6 is 0 Å². The number of aliphatic hydroxyl groups excluding tert-OH is 1. The van der Waals surface area contributed by atoms with E-state index < -0.39 is 0 Å². The number of ether oxygens (including phenoxy) is 2. The zero-order valence-corrected chi connectivity index (χ0v) is 23.9. The molecule has 1 aromatic heterocycles. The summed E-state index contributed by atoms with van der Waals surface area (Å²) < 4.78 is 11.8. The maximum absolute atomic E-state index is 13.4. The highest BCUT2D eigenvalue weighted by molar-refractivity contribution is 6.05. The van der Waals surface area contributed by atoms with Crippen LogP contribution in [0.1, 0.15) is 53.5 Å². The normalized spacial score (nSPS) is 14.7. The first kappa shape index (κ1) is 28.5. The summed E-state index contributed by atoms with van der Waals surface area (Å²) in [4.78, 5) is 22.6. The van der Waals surface area contributed by atoms with Crippen LogP contribution in [-0.2, 0) is 18.6 Å². The summed E-state index contributed by atoms with van der Waals surface area (Å²) in [6, 6.07) is 13.0. The molecule has 0 saturated carbocycles. The lowest BCUT2D eigenvalue weighted by atomic mass is 9.85. The van der Waals surface area contributed by atoms with Gasteiger partial charge in [-0.1, -0.05) is 26.8 Å². The number of pyridine rings is 1. The number of rotatable bonds is 8. The number of aromatic nitrogens is 1. The van der Waals surface area contributed by atoms with Gasteiger partial charge in [0.25, 0.3) is 5.91 Å². The predicted octanol–water partition coefficient (Wildman–Crippen LogP) is 4.98. The number of hydrogen-bond donors (Lipinski definition) is 2. The van der Waals surface area contributed by atoms with Crippen molar-refractivity contribution in [3.63, 3.8) is 0 Å². The monoisotopic (exact) mass is 532 g/mol. The zero-order chi connectivity index (χ0) is 28.2. The van der Waals surface area contributed by atoms with Crippen LogP contribution in [0.4, 0.5) is 5.69 Å². The van der Waals surface area contributed by atoms with Crippen molar-refractivity contribution in [3.05, 3.63) is 76.6 Å². The number of piperazine rings is 1. The lowest BCUT2D eigenvalue weighted by Gasteiger charge is -2.32. The van der Waals surface area contributed by atoms with Gasteiger partial charge in [-0.15, -0.1) is 0 Å². The highest BCUT2D eigenvalue weighted by Crippen LogP contribution is 2.36. The third-order valence-electron chi connectivity index (χ3n) is 7.10. The molecule has 1 saturated heterocycles. The van der Waals surface area contributed by atoms with E-state index in [2.05, 4.69) is 47.9 Å². The third-order valence-corrected chi connectivity index (χ3v) is 7.10. The van der Waals surface area contributed by atoms with Crippen LogP contribution in [0.2, 0.25) is 0 Å². The first-order chi connectivity index (χ1) is 18.6. The molecule has 3 aromatic rings. The summed E-state index contributed by atoms with van der Waals surface area (Å²) in [6.45, 7) is 12.9. The minimum Gasteiger partial charge on any atom is -0.494 e. The van der Waals surface area contributed by atoms with Crippen LogP contribution in [0.15, 0.2) is 48.7 Å². The molecule has 2 N–H and O–H groups in total. The molecule has 8 nitrogen and oxygen atoms in total. The number of aliphatic hydroxyl groups is 1. The molecule has 1 fully saturated rings. The molecule has 0 bridgehead atoms. The molecule has 4 rings (SSSR count). The van der Waals surface area contributed by atoms with Crippen molar-refractivity contribution in [1.29, 1.82) is 0 Å². The molecule has 0 radical (unpaired) electrons. The van der Waals surface area contributed by atoms with Crippen LogP contribution in [-0.4, -0.2) is 66.1 Å². The predicted molar refractivity (Wildman–Crippen MR) is 154 cm³/mol. The maximum atomic E-state index is 13.4. The molecular formula is C31H40N4O4. The van der Waals surface area contributed by atoms with Gasteiger partial charge in [0, 0.05) is 56.1 Å². The van der Waals surface area contributed by atoms with E-state index >= 15 is 0 Å². The fourth-order valence-corrected chi connectivity index (χ4v) is 4.59. The van der Waals surface area contributed by atoms with Crippen molar-refractivity contribution < 1.29 is 19.4 Å². The molecule has 1 aliphatic rings. The van der Waals surface area contributed by atoms with Crippen LogP contribution in [0.3, 0.4) is 0 Å². The van der Waals surface area contributed by atoms with Crippen molar-refractivity contribution >= 4 is 11.6 Å². The number of nitrogens with zero attached hydrogens (tertiary/aromatic N) is 3. The van der Waals surface area contributed by atoms with E-state index in [4.69, 9.17) is 9.47 Å². The molecule has 2 heterocycles. The Bertz CT molecular complexity index is 1310. The Morgan fingerprint density at radius 3 is 2.49 bits per heavy atom. The van der Waals surface area contributed by atoms with Gasteiger partial charge in [-0.25, -0.2) is 0 Å². The Morgan fingerprint density at radius 2 is 1.82 bits per heavy atom. The van der Waals surface area contributed by atoms with Crippen LogP contribution in [0.5, 0.6) is 17.2 Å². The minimum absolute atomic E-state index is 0.172. The summed E-state index contributed by atoms with van der Waals surface area (Å²) in [5.74, 6) is 1.44. The van der Waals surface area contributed by atoms with E-state index in [-0.39, 0.29) is 17.9 Å². The van der Waals surface area contributed by atoms with Crippen LogP contribution in [0, 0.1) is 6.92 Å². The number of carbonyl (C=O) groups excluding carboxylic acids is 1. The molecular weight excluding hydrogens is 492 g/mol. The molecule has 8 heteroatoms. The first-order valence-electron chi connectivity index (χ1n) is 13.4. The van der Waals surface area contributed by atoms with E-state index in [9.17, 15) is 9.90 Å². The Kier molecular flexibility index (Phi) is 8.90. The van der Waals surface area contributed by atoms with Gasteiger partial charge in [-0.05, 0) is 60.8 Å². The average molecular weight is 533 g/mol. The number of hydrogen-bond acceptors (Lipinski definition) is 7. The van der Waals surface area contributed by atoms with Crippen LogP contribution in [0.25, 0.3) is 0 Å². The Hall–Kier alpha value is -3.46. The van der Waals surface area contributed by atoms with Gasteiger partial charge in [0.1, 0.15) is 17.2 Å². The van der Waals surface area contributed by atoms with Gasteiger partial charge >= 0.3 is 0 Å². The summed E-state index contributed by atoms with van der Waals surface area (Å²) in [6.07, 6.45) is 1.76. The number of methoxy groups -OCH3 is 1. The highest BCUT2D eigenvalue weighted by atomic mass is 16.5. The minimum atomic E-state index is -0.293. The van der Waals surface area contributed by atoms with Crippen molar-refractivity contribution in [2.24, 2.45) is 0 Å². The van der Waals surface area contributed by atoms with E-state index in [1.54, 1.807) is 18.3 Å². The molecule has 1 amide bonds. The molecule has 0 unspecified atom stereocenters. The lowest BCUT2D eigenvalue weighted by molar-refractivity contribution is 0.102. The largest absolute Gasteiger partial charge is 0.494 e. The van der Waals surface area contributed by atoms with Gasteiger partial charge < -0.3 is 24.8 Å². The molecule has 0 atom stereocenters. The summed E-state index contributed by atoms with van der Waals surface area (Å²) in [5.41, 5.74) is 4.28. The van der Waals surface area contributed by atoms with Crippen molar-refractivity contribution in [1.82, 2.24) is 14.8 Å². The van der Waals surface area contributed by atoms with Crippen molar-refractivity contribution in [2.45, 2.75) is 46.3 Å². The molecule has 39 heavy (non-hydrogen) atoms. The highest BCUT2D eigenvalue weighted by Gasteiger charge is 2.21. The number of benzene rings is 2. The molecule has 0 aliphatic carbocycles. The number of likely N-dealkylation sites (N-methyl/N-ethyl adjacent to an activating group) is 1. The van der Waals surface area contributed by atoms with E-state index in [0.29, 0.717) is 34.1 Å². The number of amides is 1. The molecule has 0 spiro atoms. The smallest absolute Gasteiger partial charge is 0.255 e. The van der Waals surface area contributed by atoms with Gasteiger partial charge in [0.15, 0.2) is 0 Å². The molecule has 208 valence electrons. The van der Waals surface area contributed by atoms with Crippen molar-refractivity contribution in [3.8, 4) is 17.2 Å². The van der Waals surface area contributed by atoms with Gasteiger partial charge in [-0.2, -0.15) is 0 Å². The maximum Gasteiger partial charge on any atom is 0.255 e. The zero-order valence-electron chi connectivity index (χ0n) is 23.9. The Labute approximate surface area is 231 Å². The van der Waals surface area contributed by atoms with Gasteiger partial charge in [-0.3, -0.25) is 14.7 Å². The average Bonchev–Trinajstić information content (AvgIpc) is 2.90. The fraction of sp³-hybridized carbons (Fsp3) is 0.419. The second-order valence-corrected chi connectivity index (χ2v) is 11.2. The van der Waals surface area contributed by atoms with Gasteiger partial charge in [0.2, 0.25) is 0 Å². The molecule has 2 aromatic carbocycles. The summed E-state index contributed by atoms with van der Waals surface area (Å²) in [7, 11) is 3.68. The first-order valence-corrected chi connectivity index (χ1v) is 13.4. The van der Waals surface area contributed by atoms with Crippen molar-refractivity contribution in [2.75, 3.05) is 45.7 Å². The third kappa shape index (κ3) is 7.15. The van der Waals surface area contributed by atoms with E-state index in [0.717, 1.165) is 49.5 Å². The standard InChI is InChI=1S/C31H40N4O4/c1-21-7-8-22(30(37)33-27-17-24(31(2,3)4)15-23(20-36)29(27)38-6)16-28(21)39-26-9-10-32-25(18-26)19-35-13-11-34(5)12-14-35/h7-10,15-18,36H,11-14,19-20H2,1-6H3,(H,33,37). The fourth-order valence-electron chi connectivity index (χ4n) is 4.59. The van der Waals surface area contributed by atoms with E-state index in [1.807, 2.05) is 37.3 Å². The number of nitrogens with one attached hydrogen (secondary N) is 1. The summed E-state index contributed by atoms with van der Waals surface area (Å²) in [5, 5.41) is 12.9.